The summed E-state index contributed by atoms with van der Waals surface area (Å²) in [5, 5.41) is 3.13. The van der Waals surface area contributed by atoms with Gasteiger partial charge in [0.25, 0.3) is 5.91 Å². The van der Waals surface area contributed by atoms with Crippen LogP contribution in [0.1, 0.15) is 16.1 Å². The van der Waals surface area contributed by atoms with Crippen LogP contribution in [0.4, 0.5) is 5.69 Å². The minimum Gasteiger partial charge on any atom is -0.497 e. The molecule has 0 atom stereocenters. The molecule has 1 amide bonds. The number of ether oxygens (including phenoxy) is 1. The van der Waals surface area contributed by atoms with E-state index in [2.05, 4.69) is 26.2 Å². The van der Waals surface area contributed by atoms with Crippen molar-refractivity contribution in [3.05, 3.63) is 51.2 Å². The molecular formula is C14H12BrClN2O2. The topological polar surface area (TPSA) is 51.2 Å². The van der Waals surface area contributed by atoms with E-state index in [0.29, 0.717) is 22.0 Å². The second kappa shape index (κ2) is 6.24. The van der Waals surface area contributed by atoms with Crippen LogP contribution >= 0.6 is 27.5 Å². The van der Waals surface area contributed by atoms with Gasteiger partial charge in [0.15, 0.2) is 0 Å². The van der Waals surface area contributed by atoms with Crippen LogP contribution in [0, 0.1) is 6.92 Å². The van der Waals surface area contributed by atoms with Crippen LogP contribution in [0.5, 0.6) is 5.75 Å². The molecular weight excluding hydrogens is 344 g/mol. The lowest BCUT2D eigenvalue weighted by Crippen LogP contribution is -2.13. The summed E-state index contributed by atoms with van der Waals surface area (Å²) in [5.74, 6) is 0.324. The highest BCUT2D eigenvalue weighted by molar-refractivity contribution is 9.10. The number of nitrogens with zero attached hydrogens (tertiary/aromatic N) is 1. The zero-order valence-electron chi connectivity index (χ0n) is 10.9. The fraction of sp³-hybridized carbons (Fsp3) is 0.143. The molecule has 0 aliphatic rings. The number of carbonyl (C=O) groups is 1. The number of pyridine rings is 1. The molecule has 104 valence electrons. The average Bonchev–Trinajstić information content (AvgIpc) is 2.37. The molecule has 1 aromatic carbocycles. The third-order valence-corrected chi connectivity index (χ3v) is 3.37. The molecule has 2 aromatic rings. The van der Waals surface area contributed by atoms with Gasteiger partial charge in [0.1, 0.15) is 5.75 Å². The van der Waals surface area contributed by atoms with E-state index in [1.54, 1.807) is 31.4 Å². The number of carbonyl (C=O) groups excluding carboxylic acids is 1. The van der Waals surface area contributed by atoms with Gasteiger partial charge in [-0.25, -0.2) is 0 Å². The predicted octanol–water partition coefficient (Wildman–Crippen LogP) is 4.07. The van der Waals surface area contributed by atoms with E-state index in [4.69, 9.17) is 16.3 Å². The maximum atomic E-state index is 12.2. The standard InChI is InChI=1S/C14H12BrClN2O2/c1-8-3-13(16)12(7-17-8)14(19)18-10-4-9(15)5-11(6-10)20-2/h3-7H,1-2H3,(H,18,19). The molecule has 6 heteroatoms. The number of methoxy groups -OCH3 is 1. The maximum absolute atomic E-state index is 12.2. The molecule has 0 radical (unpaired) electrons. The van der Waals surface area contributed by atoms with Crippen LogP contribution in [0.25, 0.3) is 0 Å². The van der Waals surface area contributed by atoms with E-state index in [9.17, 15) is 4.79 Å². The van der Waals surface area contributed by atoms with Crippen molar-refractivity contribution in [1.29, 1.82) is 0 Å². The maximum Gasteiger partial charge on any atom is 0.258 e. The fourth-order valence-corrected chi connectivity index (χ4v) is 2.41. The molecule has 0 aliphatic carbocycles. The summed E-state index contributed by atoms with van der Waals surface area (Å²) < 4.78 is 5.95. The minimum atomic E-state index is -0.317. The van der Waals surface area contributed by atoms with Gasteiger partial charge in [0, 0.05) is 28.1 Å². The summed E-state index contributed by atoms with van der Waals surface area (Å²) in [6.07, 6.45) is 1.46. The number of aromatic nitrogens is 1. The zero-order chi connectivity index (χ0) is 14.7. The summed E-state index contributed by atoms with van der Waals surface area (Å²) in [5.41, 5.74) is 1.70. The van der Waals surface area contributed by atoms with Gasteiger partial charge in [-0.1, -0.05) is 27.5 Å². The second-order valence-corrected chi connectivity index (χ2v) is 5.46. The quantitative estimate of drug-likeness (QED) is 0.903. The third kappa shape index (κ3) is 3.49. The Morgan fingerprint density at radius 1 is 1.35 bits per heavy atom. The molecule has 0 fully saturated rings. The van der Waals surface area contributed by atoms with Crippen LogP contribution in [0.3, 0.4) is 0 Å². The highest BCUT2D eigenvalue weighted by Crippen LogP contribution is 2.25. The Morgan fingerprint density at radius 2 is 2.10 bits per heavy atom. The first-order valence-electron chi connectivity index (χ1n) is 5.77. The predicted molar refractivity (Wildman–Crippen MR) is 82.6 cm³/mol. The fourth-order valence-electron chi connectivity index (χ4n) is 1.64. The molecule has 1 N–H and O–H groups in total. The van der Waals surface area contributed by atoms with Gasteiger partial charge in [-0.3, -0.25) is 9.78 Å². The SMILES string of the molecule is COc1cc(Br)cc(NC(=O)c2cnc(C)cc2Cl)c1. The van der Waals surface area contributed by atoms with Gasteiger partial charge in [-0.15, -0.1) is 0 Å². The Kier molecular flexibility index (Phi) is 4.62. The summed E-state index contributed by atoms with van der Waals surface area (Å²) in [6, 6.07) is 6.95. The molecule has 4 nitrogen and oxygen atoms in total. The van der Waals surface area contributed by atoms with Crippen molar-refractivity contribution in [2.45, 2.75) is 6.92 Å². The number of amides is 1. The van der Waals surface area contributed by atoms with Gasteiger partial charge >= 0.3 is 0 Å². The van der Waals surface area contributed by atoms with Crippen molar-refractivity contribution >= 4 is 39.1 Å². The zero-order valence-corrected chi connectivity index (χ0v) is 13.2. The van der Waals surface area contributed by atoms with E-state index in [-0.39, 0.29) is 5.91 Å². The number of halogens is 2. The normalized spacial score (nSPS) is 10.2. The summed E-state index contributed by atoms with van der Waals surface area (Å²) in [6.45, 7) is 1.81. The number of aryl methyl sites for hydroxylation is 1. The van der Waals surface area contributed by atoms with Crippen LogP contribution in [0.2, 0.25) is 5.02 Å². The van der Waals surface area contributed by atoms with Crippen molar-refractivity contribution in [3.8, 4) is 5.75 Å². The molecule has 0 unspecified atom stereocenters. The number of hydrogen-bond acceptors (Lipinski definition) is 3. The van der Waals surface area contributed by atoms with E-state index in [0.717, 1.165) is 10.2 Å². The molecule has 2 rings (SSSR count). The van der Waals surface area contributed by atoms with Crippen molar-refractivity contribution in [1.82, 2.24) is 4.98 Å². The number of anilines is 1. The number of rotatable bonds is 3. The highest BCUT2D eigenvalue weighted by Gasteiger charge is 2.12. The Bertz CT molecular complexity index is 662. The summed E-state index contributed by atoms with van der Waals surface area (Å²) in [4.78, 5) is 16.2. The van der Waals surface area contributed by atoms with E-state index in [1.165, 1.54) is 6.20 Å². The second-order valence-electron chi connectivity index (χ2n) is 4.14. The average molecular weight is 356 g/mol. The monoisotopic (exact) mass is 354 g/mol. The first-order valence-corrected chi connectivity index (χ1v) is 6.95. The van der Waals surface area contributed by atoms with Gasteiger partial charge in [-0.2, -0.15) is 0 Å². The van der Waals surface area contributed by atoms with E-state index >= 15 is 0 Å². The van der Waals surface area contributed by atoms with Gasteiger partial charge in [0.05, 0.1) is 17.7 Å². The van der Waals surface area contributed by atoms with Crippen molar-refractivity contribution in [2.75, 3.05) is 12.4 Å². The van der Waals surface area contributed by atoms with E-state index < -0.39 is 0 Å². The highest BCUT2D eigenvalue weighted by atomic mass is 79.9. The van der Waals surface area contributed by atoms with Gasteiger partial charge in [0.2, 0.25) is 0 Å². The van der Waals surface area contributed by atoms with Crippen LogP contribution in [-0.2, 0) is 0 Å². The van der Waals surface area contributed by atoms with Crippen molar-refractivity contribution < 1.29 is 9.53 Å². The van der Waals surface area contributed by atoms with Crippen molar-refractivity contribution in [3.63, 3.8) is 0 Å². The molecule has 0 bridgehead atoms. The smallest absolute Gasteiger partial charge is 0.258 e. The molecule has 20 heavy (non-hydrogen) atoms. The molecule has 0 saturated carbocycles. The number of hydrogen-bond donors (Lipinski definition) is 1. The lowest BCUT2D eigenvalue weighted by molar-refractivity contribution is 0.102. The molecule has 0 spiro atoms. The molecule has 0 saturated heterocycles. The summed E-state index contributed by atoms with van der Waals surface area (Å²) in [7, 11) is 1.56. The largest absolute Gasteiger partial charge is 0.497 e. The van der Waals surface area contributed by atoms with Gasteiger partial charge < -0.3 is 10.1 Å². The Morgan fingerprint density at radius 3 is 2.75 bits per heavy atom. The van der Waals surface area contributed by atoms with Gasteiger partial charge in [-0.05, 0) is 25.1 Å². The molecule has 1 aromatic heterocycles. The van der Waals surface area contributed by atoms with Crippen LogP contribution in [0.15, 0.2) is 34.9 Å². The first kappa shape index (κ1) is 14.8. The van der Waals surface area contributed by atoms with E-state index in [1.807, 2.05) is 6.92 Å². The number of nitrogens with one attached hydrogen (secondary N) is 1. The van der Waals surface area contributed by atoms with Crippen LogP contribution < -0.4 is 10.1 Å². The third-order valence-electron chi connectivity index (χ3n) is 2.60. The van der Waals surface area contributed by atoms with Crippen LogP contribution in [-0.4, -0.2) is 18.0 Å². The Labute approximate surface area is 130 Å². The minimum absolute atomic E-state index is 0.317. The number of benzene rings is 1. The summed E-state index contributed by atoms with van der Waals surface area (Å²) >= 11 is 9.40. The first-order chi connectivity index (χ1) is 9.49. The lowest BCUT2D eigenvalue weighted by Gasteiger charge is -2.09. The Balaban J connectivity index is 2.25. The molecule has 0 aliphatic heterocycles. The lowest BCUT2D eigenvalue weighted by atomic mass is 10.2. The van der Waals surface area contributed by atoms with Crippen molar-refractivity contribution in [2.24, 2.45) is 0 Å². The molecule has 1 heterocycles. The Hall–Kier alpha value is -1.59.